The average molecular weight is 376 g/mol. The van der Waals surface area contributed by atoms with Crippen LogP contribution in [0.1, 0.15) is 0 Å². The van der Waals surface area contributed by atoms with E-state index in [1.807, 2.05) is 30.3 Å². The Morgan fingerprint density at radius 1 is 1.15 bits per heavy atom. The van der Waals surface area contributed by atoms with Crippen LogP contribution >= 0.6 is 11.8 Å². The molecule has 26 heavy (non-hydrogen) atoms. The fraction of sp³-hybridized carbons (Fsp3) is 0.118. The van der Waals surface area contributed by atoms with Crippen molar-refractivity contribution in [2.24, 2.45) is 0 Å². The predicted molar refractivity (Wildman–Crippen MR) is 93.8 cm³/mol. The quantitative estimate of drug-likeness (QED) is 0.638. The highest BCUT2D eigenvalue weighted by Crippen LogP contribution is 2.26. The van der Waals surface area contributed by atoms with Gasteiger partial charge in [0.25, 0.3) is 0 Å². The Hall–Kier alpha value is -2.94. The lowest BCUT2D eigenvalue weighted by molar-refractivity contribution is -0.113. The Labute approximate surface area is 152 Å². The number of aromatic nitrogens is 3. The number of thioether (sulfide) groups is 1. The number of carbonyl (C=O) groups is 1. The Morgan fingerprint density at radius 3 is 2.65 bits per heavy atom. The standard InChI is InChI=1S/C17H14F2N4O2S/c18-16(19)25-14-9-5-4-8-13(14)21-15(24)10-26-17-20-11-23(22-17)12-6-2-1-3-7-12/h1-9,11,16H,10H2,(H,21,24). The Morgan fingerprint density at radius 2 is 1.88 bits per heavy atom. The van der Waals surface area contributed by atoms with Crippen LogP contribution in [0.25, 0.3) is 5.69 Å². The maximum atomic E-state index is 12.4. The molecule has 0 unspecified atom stereocenters. The summed E-state index contributed by atoms with van der Waals surface area (Å²) < 4.78 is 30.8. The van der Waals surface area contributed by atoms with E-state index in [1.54, 1.807) is 23.1 Å². The number of nitrogens with one attached hydrogen (secondary N) is 1. The Bertz CT molecular complexity index is 874. The zero-order valence-electron chi connectivity index (χ0n) is 13.4. The number of nitrogens with zero attached hydrogens (tertiary/aromatic N) is 3. The fourth-order valence-electron chi connectivity index (χ4n) is 2.10. The topological polar surface area (TPSA) is 69.0 Å². The molecule has 0 spiro atoms. The lowest BCUT2D eigenvalue weighted by Gasteiger charge is -2.11. The molecule has 0 aliphatic heterocycles. The molecule has 1 N–H and O–H groups in total. The first kappa shape index (κ1) is 17.9. The van der Waals surface area contributed by atoms with Crippen molar-refractivity contribution >= 4 is 23.4 Å². The van der Waals surface area contributed by atoms with Gasteiger partial charge in [0.15, 0.2) is 0 Å². The molecule has 0 saturated heterocycles. The van der Waals surface area contributed by atoms with Gasteiger partial charge in [-0.1, -0.05) is 42.1 Å². The van der Waals surface area contributed by atoms with Crippen LogP contribution in [0.3, 0.4) is 0 Å². The number of carbonyl (C=O) groups excluding carboxylic acids is 1. The van der Waals surface area contributed by atoms with Crippen molar-refractivity contribution in [2.75, 3.05) is 11.1 Å². The first-order valence-electron chi connectivity index (χ1n) is 7.55. The molecule has 6 nitrogen and oxygen atoms in total. The number of rotatable bonds is 7. The van der Waals surface area contributed by atoms with E-state index < -0.39 is 6.61 Å². The van der Waals surface area contributed by atoms with Gasteiger partial charge in [-0.2, -0.15) is 8.78 Å². The van der Waals surface area contributed by atoms with Crippen molar-refractivity contribution in [3.05, 3.63) is 60.9 Å². The van der Waals surface area contributed by atoms with Crippen LogP contribution in [0.15, 0.2) is 66.1 Å². The van der Waals surface area contributed by atoms with Crippen molar-refractivity contribution in [3.63, 3.8) is 0 Å². The number of ether oxygens (including phenoxy) is 1. The SMILES string of the molecule is O=C(CSc1ncn(-c2ccccc2)n1)Nc1ccccc1OC(F)F. The van der Waals surface area contributed by atoms with Crippen LogP contribution in [0, 0.1) is 0 Å². The zero-order chi connectivity index (χ0) is 18.4. The first-order chi connectivity index (χ1) is 12.6. The van der Waals surface area contributed by atoms with Crippen molar-refractivity contribution in [3.8, 4) is 11.4 Å². The molecule has 3 rings (SSSR count). The number of benzene rings is 2. The molecule has 0 bridgehead atoms. The van der Waals surface area contributed by atoms with Gasteiger partial charge in [-0.25, -0.2) is 9.67 Å². The van der Waals surface area contributed by atoms with Crippen molar-refractivity contribution in [2.45, 2.75) is 11.8 Å². The molecule has 2 aromatic carbocycles. The maximum Gasteiger partial charge on any atom is 0.387 e. The molecule has 1 heterocycles. The summed E-state index contributed by atoms with van der Waals surface area (Å²) in [5, 5.41) is 7.26. The number of hydrogen-bond donors (Lipinski definition) is 1. The lowest BCUT2D eigenvalue weighted by Crippen LogP contribution is -2.15. The van der Waals surface area contributed by atoms with E-state index in [2.05, 4.69) is 20.1 Å². The number of anilines is 1. The highest BCUT2D eigenvalue weighted by atomic mass is 32.2. The second kappa shape index (κ2) is 8.43. The minimum atomic E-state index is -2.96. The number of amides is 1. The van der Waals surface area contributed by atoms with E-state index in [9.17, 15) is 13.6 Å². The summed E-state index contributed by atoms with van der Waals surface area (Å²) in [6, 6.07) is 15.4. The van der Waals surface area contributed by atoms with Crippen LogP contribution < -0.4 is 10.1 Å². The molecule has 1 aromatic heterocycles. The second-order valence-electron chi connectivity index (χ2n) is 5.02. The van der Waals surface area contributed by atoms with E-state index in [4.69, 9.17) is 0 Å². The van der Waals surface area contributed by atoms with Gasteiger partial charge in [0.05, 0.1) is 17.1 Å². The van der Waals surface area contributed by atoms with E-state index in [-0.39, 0.29) is 23.1 Å². The average Bonchev–Trinajstić information content (AvgIpc) is 3.11. The van der Waals surface area contributed by atoms with E-state index >= 15 is 0 Å². The maximum absolute atomic E-state index is 12.4. The van der Waals surface area contributed by atoms with Crippen LogP contribution in [-0.2, 0) is 4.79 Å². The molecule has 3 aromatic rings. The first-order valence-corrected chi connectivity index (χ1v) is 8.54. The van der Waals surface area contributed by atoms with Gasteiger partial charge >= 0.3 is 6.61 Å². The van der Waals surface area contributed by atoms with Crippen molar-refractivity contribution in [1.82, 2.24) is 14.8 Å². The van der Waals surface area contributed by atoms with Crippen LogP contribution in [-0.4, -0.2) is 33.0 Å². The molecule has 0 radical (unpaired) electrons. The summed E-state index contributed by atoms with van der Waals surface area (Å²) >= 11 is 1.14. The normalized spacial score (nSPS) is 10.7. The second-order valence-corrected chi connectivity index (χ2v) is 5.96. The highest BCUT2D eigenvalue weighted by Gasteiger charge is 2.12. The summed E-state index contributed by atoms with van der Waals surface area (Å²) in [7, 11) is 0. The fourth-order valence-corrected chi connectivity index (χ4v) is 2.70. The Balaban J connectivity index is 1.58. The molecular weight excluding hydrogens is 362 g/mol. The van der Waals surface area contributed by atoms with Crippen LogP contribution in [0.5, 0.6) is 5.75 Å². The molecule has 9 heteroatoms. The highest BCUT2D eigenvalue weighted by molar-refractivity contribution is 7.99. The van der Waals surface area contributed by atoms with E-state index in [1.165, 1.54) is 12.1 Å². The predicted octanol–water partition coefficient (Wildman–Crippen LogP) is 3.60. The third-order valence-corrected chi connectivity index (χ3v) is 4.05. The molecule has 1 amide bonds. The number of alkyl halides is 2. The van der Waals surface area contributed by atoms with Gasteiger partial charge in [-0.15, -0.1) is 5.10 Å². The lowest BCUT2D eigenvalue weighted by atomic mass is 10.3. The number of halogens is 2. The van der Waals surface area contributed by atoms with Crippen molar-refractivity contribution in [1.29, 1.82) is 0 Å². The van der Waals surface area contributed by atoms with E-state index in [0.717, 1.165) is 17.4 Å². The van der Waals surface area contributed by atoms with Gasteiger partial charge in [0.2, 0.25) is 11.1 Å². The zero-order valence-corrected chi connectivity index (χ0v) is 14.2. The minimum absolute atomic E-state index is 0.0296. The van der Waals surface area contributed by atoms with Gasteiger partial charge in [0.1, 0.15) is 12.1 Å². The smallest absolute Gasteiger partial charge is 0.387 e. The Kier molecular flexibility index (Phi) is 5.80. The third-order valence-electron chi connectivity index (χ3n) is 3.20. The molecule has 134 valence electrons. The summed E-state index contributed by atoms with van der Waals surface area (Å²) in [4.78, 5) is 16.2. The van der Waals surface area contributed by atoms with Crippen LogP contribution in [0.2, 0.25) is 0 Å². The largest absolute Gasteiger partial charge is 0.433 e. The monoisotopic (exact) mass is 376 g/mol. The van der Waals surface area contributed by atoms with Gasteiger partial charge < -0.3 is 10.1 Å². The van der Waals surface area contributed by atoms with Gasteiger partial charge in [0, 0.05) is 0 Å². The molecule has 0 aliphatic carbocycles. The van der Waals surface area contributed by atoms with Gasteiger partial charge in [-0.3, -0.25) is 4.79 Å². The van der Waals surface area contributed by atoms with Crippen molar-refractivity contribution < 1.29 is 18.3 Å². The number of hydrogen-bond acceptors (Lipinski definition) is 5. The molecular formula is C17H14F2N4O2S. The summed E-state index contributed by atoms with van der Waals surface area (Å²) in [5.74, 6) is -0.439. The summed E-state index contributed by atoms with van der Waals surface area (Å²) in [5.41, 5.74) is 1.04. The summed E-state index contributed by atoms with van der Waals surface area (Å²) in [6.07, 6.45) is 1.56. The molecule has 0 saturated carbocycles. The third kappa shape index (κ3) is 4.79. The van der Waals surface area contributed by atoms with E-state index in [0.29, 0.717) is 5.16 Å². The number of para-hydroxylation sites is 3. The summed E-state index contributed by atoms with van der Waals surface area (Å²) in [6.45, 7) is -2.96. The molecule has 0 fully saturated rings. The minimum Gasteiger partial charge on any atom is -0.433 e. The van der Waals surface area contributed by atoms with Gasteiger partial charge in [-0.05, 0) is 24.3 Å². The molecule has 0 aliphatic rings. The molecule has 0 atom stereocenters. The van der Waals surface area contributed by atoms with Crippen LogP contribution in [0.4, 0.5) is 14.5 Å².